The number of benzene rings is 2. The second-order valence-corrected chi connectivity index (χ2v) is 12.9. The van der Waals surface area contributed by atoms with Crippen LogP contribution in [0, 0.1) is 17.6 Å². The Morgan fingerprint density at radius 1 is 0.729 bits per heavy atom. The summed E-state index contributed by atoms with van der Waals surface area (Å²) in [5.41, 5.74) is 0.719. The number of hydrogen-bond donors (Lipinski definition) is 1. The van der Waals surface area contributed by atoms with Crippen LogP contribution in [0.2, 0.25) is 0 Å². The van der Waals surface area contributed by atoms with E-state index in [0.29, 0.717) is 0 Å². The number of carbonyl (C=O) groups is 3. The molecule has 0 bridgehead atoms. The average molecular weight is 662 g/mol. The Hall–Kier alpha value is -3.87. The molecular weight excluding hydrogens is 608 g/mol. The molecule has 2 aromatic rings. The van der Waals surface area contributed by atoms with Crippen molar-refractivity contribution >= 4 is 29.8 Å². The highest BCUT2D eigenvalue weighted by Crippen LogP contribution is 2.26. The lowest BCUT2D eigenvalue weighted by Crippen LogP contribution is -2.44. The van der Waals surface area contributed by atoms with Crippen molar-refractivity contribution in [2.24, 2.45) is 5.92 Å². The first-order valence-electron chi connectivity index (χ1n) is 17.9. The quantitative estimate of drug-likeness (QED) is 0.0821. The minimum absolute atomic E-state index is 0.108. The van der Waals surface area contributed by atoms with Gasteiger partial charge in [0.2, 0.25) is 5.91 Å². The number of hydrogen-bond acceptors (Lipinski definition) is 3. The lowest BCUT2D eigenvalue weighted by Gasteiger charge is -2.32. The first-order chi connectivity index (χ1) is 23.3. The maximum atomic E-state index is 14.5. The first kappa shape index (κ1) is 38.6. The van der Waals surface area contributed by atoms with Crippen molar-refractivity contribution in [3.63, 3.8) is 0 Å². The van der Waals surface area contributed by atoms with E-state index in [-0.39, 0.29) is 35.4 Å². The summed E-state index contributed by atoms with van der Waals surface area (Å²) in [6, 6.07) is 12.0. The highest BCUT2D eigenvalue weighted by molar-refractivity contribution is 6.15. The Balaban J connectivity index is 1.57. The lowest BCUT2D eigenvalue weighted by molar-refractivity contribution is -0.143. The monoisotopic (exact) mass is 661 g/mol. The Labute approximate surface area is 285 Å². The molecule has 3 rings (SSSR count). The van der Waals surface area contributed by atoms with E-state index in [0.717, 1.165) is 19.3 Å². The summed E-state index contributed by atoms with van der Waals surface area (Å²) in [6.07, 6.45) is 24.5. The van der Waals surface area contributed by atoms with Gasteiger partial charge < -0.3 is 10.0 Å². The number of ketones is 1. The number of aliphatic carboxylic acids is 1. The molecule has 1 aliphatic rings. The topological polar surface area (TPSA) is 74.7 Å². The summed E-state index contributed by atoms with van der Waals surface area (Å²) in [5, 5.41) is 9.60. The van der Waals surface area contributed by atoms with Crippen LogP contribution in [0.25, 0.3) is 12.2 Å². The van der Waals surface area contributed by atoms with Gasteiger partial charge in [0.15, 0.2) is 5.78 Å². The van der Waals surface area contributed by atoms with Gasteiger partial charge in [0.25, 0.3) is 0 Å². The second kappa shape index (κ2) is 21.9. The van der Waals surface area contributed by atoms with Crippen LogP contribution in [0.1, 0.15) is 121 Å². The molecule has 1 aliphatic heterocycles. The van der Waals surface area contributed by atoms with Gasteiger partial charge in [-0.2, -0.15) is 0 Å². The van der Waals surface area contributed by atoms with Gasteiger partial charge in [-0.15, -0.1) is 0 Å². The standard InChI is InChI=1S/C41H53F2NO4/c1-2-3-4-5-6-7-8-9-10-11-12-13-14-15-16-17-24-34(29-39(45)46)41(48)44-30-35(27-32-22-18-20-25-37(32)42)40(47)36(31-44)28-33-23-19-21-26-38(33)43/h17-28,34H,2-16,29-31H2,1H3,(H,45,46). The number of rotatable bonds is 21. The third-order valence-corrected chi connectivity index (χ3v) is 8.89. The minimum Gasteiger partial charge on any atom is -0.481 e. The number of carboxylic acid groups (broad SMARTS) is 1. The summed E-state index contributed by atoms with van der Waals surface area (Å²) in [6.45, 7) is 2.03. The van der Waals surface area contributed by atoms with Gasteiger partial charge >= 0.3 is 5.97 Å². The van der Waals surface area contributed by atoms with Gasteiger partial charge in [-0.3, -0.25) is 14.4 Å². The fourth-order valence-corrected chi connectivity index (χ4v) is 6.13. The number of carbonyl (C=O) groups excluding carboxylic acids is 2. The molecule has 1 atom stereocenters. The van der Waals surface area contributed by atoms with Crippen molar-refractivity contribution in [2.75, 3.05) is 13.1 Å². The maximum Gasteiger partial charge on any atom is 0.304 e. The molecule has 1 N–H and O–H groups in total. The van der Waals surface area contributed by atoms with Crippen molar-refractivity contribution < 1.29 is 28.3 Å². The Kier molecular flexibility index (Phi) is 17.6. The first-order valence-corrected chi connectivity index (χ1v) is 17.9. The van der Waals surface area contributed by atoms with Gasteiger partial charge in [0.05, 0.1) is 12.3 Å². The van der Waals surface area contributed by atoms with Crippen LogP contribution in [-0.4, -0.2) is 40.8 Å². The molecule has 2 aromatic carbocycles. The van der Waals surface area contributed by atoms with Gasteiger partial charge in [-0.25, -0.2) is 8.78 Å². The number of unbranched alkanes of at least 4 members (excludes halogenated alkanes) is 14. The second-order valence-electron chi connectivity index (χ2n) is 12.9. The molecule has 1 fully saturated rings. The molecule has 0 radical (unpaired) electrons. The number of Topliss-reactive ketones (excluding diaryl/α,β-unsaturated/α-hetero) is 1. The van der Waals surface area contributed by atoms with E-state index in [1.54, 1.807) is 30.3 Å². The van der Waals surface area contributed by atoms with E-state index >= 15 is 0 Å². The van der Waals surface area contributed by atoms with Crippen LogP contribution in [0.5, 0.6) is 0 Å². The maximum absolute atomic E-state index is 14.5. The predicted octanol–water partition coefficient (Wildman–Crippen LogP) is 10.4. The Bertz CT molecular complexity index is 1350. The molecule has 1 saturated heterocycles. The fourth-order valence-electron chi connectivity index (χ4n) is 6.13. The van der Waals surface area contributed by atoms with Crippen LogP contribution in [0.3, 0.4) is 0 Å². The molecule has 1 heterocycles. The number of carboxylic acids is 1. The number of likely N-dealkylation sites (tertiary alicyclic amines) is 1. The zero-order valence-electron chi connectivity index (χ0n) is 28.6. The van der Waals surface area contributed by atoms with Crippen molar-refractivity contribution in [1.29, 1.82) is 0 Å². The van der Waals surface area contributed by atoms with Crippen molar-refractivity contribution in [3.8, 4) is 0 Å². The predicted molar refractivity (Wildman–Crippen MR) is 190 cm³/mol. The van der Waals surface area contributed by atoms with Gasteiger partial charge in [-0.1, -0.05) is 139 Å². The van der Waals surface area contributed by atoms with Gasteiger partial charge in [0.1, 0.15) is 11.6 Å². The summed E-state index contributed by atoms with van der Waals surface area (Å²) < 4.78 is 29.0. The van der Waals surface area contributed by atoms with E-state index in [1.165, 1.54) is 118 Å². The smallest absolute Gasteiger partial charge is 0.304 e. The Morgan fingerprint density at radius 2 is 1.17 bits per heavy atom. The number of nitrogens with zero attached hydrogens (tertiary/aromatic N) is 1. The minimum atomic E-state index is -1.10. The molecule has 7 heteroatoms. The zero-order valence-corrected chi connectivity index (χ0v) is 28.6. The third-order valence-electron chi connectivity index (χ3n) is 8.89. The fraction of sp³-hybridized carbons (Fsp3) is 0.488. The van der Waals surface area contributed by atoms with Crippen molar-refractivity contribution in [3.05, 3.63) is 94.6 Å². The summed E-state index contributed by atoms with van der Waals surface area (Å²) in [7, 11) is 0. The highest BCUT2D eigenvalue weighted by atomic mass is 19.1. The van der Waals surface area contributed by atoms with Crippen LogP contribution >= 0.6 is 0 Å². The summed E-state index contributed by atoms with van der Waals surface area (Å²) in [4.78, 5) is 40.4. The van der Waals surface area contributed by atoms with Gasteiger partial charge in [0, 0.05) is 35.4 Å². The molecule has 0 saturated carbocycles. The highest BCUT2D eigenvalue weighted by Gasteiger charge is 2.33. The van der Waals surface area contributed by atoms with E-state index in [2.05, 4.69) is 6.92 Å². The molecule has 0 aromatic heterocycles. The van der Waals surface area contributed by atoms with Crippen molar-refractivity contribution in [1.82, 2.24) is 4.90 Å². The molecule has 48 heavy (non-hydrogen) atoms. The van der Waals surface area contributed by atoms with Crippen LogP contribution in [0.4, 0.5) is 8.78 Å². The Morgan fingerprint density at radius 3 is 1.60 bits per heavy atom. The summed E-state index contributed by atoms with van der Waals surface area (Å²) >= 11 is 0. The van der Waals surface area contributed by atoms with E-state index in [4.69, 9.17) is 0 Å². The molecule has 0 spiro atoms. The molecule has 1 amide bonds. The largest absolute Gasteiger partial charge is 0.481 e. The number of amides is 1. The lowest BCUT2D eigenvalue weighted by atomic mass is 9.92. The molecule has 5 nitrogen and oxygen atoms in total. The van der Waals surface area contributed by atoms with Gasteiger partial charge in [-0.05, 0) is 37.1 Å². The van der Waals surface area contributed by atoms with E-state index < -0.39 is 41.6 Å². The van der Waals surface area contributed by atoms with Crippen LogP contribution in [-0.2, 0) is 14.4 Å². The number of piperidine rings is 1. The molecule has 260 valence electrons. The van der Waals surface area contributed by atoms with E-state index in [1.807, 2.05) is 6.08 Å². The van der Waals surface area contributed by atoms with Crippen molar-refractivity contribution in [2.45, 2.75) is 110 Å². The third kappa shape index (κ3) is 13.7. The van der Waals surface area contributed by atoms with Crippen LogP contribution < -0.4 is 0 Å². The van der Waals surface area contributed by atoms with E-state index in [9.17, 15) is 28.3 Å². The van der Waals surface area contributed by atoms with Crippen LogP contribution in [0.15, 0.2) is 71.8 Å². The number of halogens is 2. The molecule has 1 unspecified atom stereocenters. The SMILES string of the molecule is CCCCCCCCCCCCCCCCC=CC(CC(=O)O)C(=O)N1CC(=Cc2ccccc2F)C(=O)C(=Cc2ccccc2F)C1. The zero-order chi connectivity index (χ0) is 34.6. The number of allylic oxidation sites excluding steroid dienone is 1. The molecular formula is C41H53F2NO4. The normalized spacial score (nSPS) is 15.9. The average Bonchev–Trinajstić information content (AvgIpc) is 3.07. The summed E-state index contributed by atoms with van der Waals surface area (Å²) in [5.74, 6) is -3.92. The molecule has 0 aliphatic carbocycles.